The van der Waals surface area contributed by atoms with Crippen LogP contribution in [0.15, 0.2) is 34.3 Å². The van der Waals surface area contributed by atoms with Crippen LogP contribution < -0.4 is 10.6 Å². The monoisotopic (exact) mass is 280 g/mol. The summed E-state index contributed by atoms with van der Waals surface area (Å²) >= 11 is 3.10. The maximum atomic E-state index is 11.5. The van der Waals surface area contributed by atoms with Crippen molar-refractivity contribution >= 4 is 34.5 Å². The third kappa shape index (κ3) is 3.68. The molecule has 0 bridgehead atoms. The van der Waals surface area contributed by atoms with Crippen LogP contribution in [-0.2, 0) is 22.7 Å². The van der Waals surface area contributed by atoms with Gasteiger partial charge in [-0.15, -0.1) is 11.3 Å². The maximum absolute atomic E-state index is 11.5. The van der Waals surface area contributed by atoms with Gasteiger partial charge in [0, 0.05) is 11.4 Å². The predicted molar refractivity (Wildman–Crippen MR) is 72.3 cm³/mol. The number of carbonyl (C=O) groups is 2. The number of nitrogens with one attached hydrogen (secondary N) is 2. The molecule has 0 saturated carbocycles. The first kappa shape index (κ1) is 12.8. The van der Waals surface area contributed by atoms with Gasteiger partial charge in [-0.3, -0.25) is 9.59 Å². The lowest BCUT2D eigenvalue weighted by Crippen LogP contribution is -2.39. The van der Waals surface area contributed by atoms with Crippen molar-refractivity contribution in [1.29, 1.82) is 0 Å². The third-order valence-corrected chi connectivity index (χ3v) is 3.85. The average molecular weight is 280 g/mol. The summed E-state index contributed by atoms with van der Waals surface area (Å²) in [6.07, 6.45) is 0. The minimum Gasteiger partial charge on any atom is -0.344 e. The zero-order chi connectivity index (χ0) is 12.8. The van der Waals surface area contributed by atoms with E-state index >= 15 is 0 Å². The van der Waals surface area contributed by atoms with Gasteiger partial charge >= 0.3 is 11.8 Å². The molecule has 0 aliphatic rings. The molecule has 0 aromatic carbocycles. The molecule has 0 spiro atoms. The van der Waals surface area contributed by atoms with Crippen molar-refractivity contribution < 1.29 is 9.59 Å². The van der Waals surface area contributed by atoms with Crippen LogP contribution in [0, 0.1) is 0 Å². The Hall–Kier alpha value is -1.66. The number of thiophene rings is 2. The van der Waals surface area contributed by atoms with Gasteiger partial charge < -0.3 is 10.6 Å². The molecular formula is C12H12N2O2S2. The lowest BCUT2D eigenvalue weighted by molar-refractivity contribution is -0.139. The van der Waals surface area contributed by atoms with Crippen LogP contribution in [0.4, 0.5) is 0 Å². The zero-order valence-electron chi connectivity index (χ0n) is 9.51. The second kappa shape index (κ2) is 6.32. The molecule has 2 amide bonds. The first-order chi connectivity index (χ1) is 8.75. The van der Waals surface area contributed by atoms with Crippen molar-refractivity contribution in [3.63, 3.8) is 0 Å². The quantitative estimate of drug-likeness (QED) is 0.838. The van der Waals surface area contributed by atoms with Crippen LogP contribution in [0.5, 0.6) is 0 Å². The van der Waals surface area contributed by atoms with E-state index < -0.39 is 11.8 Å². The molecule has 0 aliphatic carbocycles. The van der Waals surface area contributed by atoms with Gasteiger partial charge in [0.1, 0.15) is 0 Å². The topological polar surface area (TPSA) is 58.2 Å². The normalized spacial score (nSPS) is 10.0. The molecule has 94 valence electrons. The molecule has 4 nitrogen and oxygen atoms in total. The molecule has 0 saturated heterocycles. The highest BCUT2D eigenvalue weighted by molar-refractivity contribution is 7.09. The number of hydrogen-bond acceptors (Lipinski definition) is 4. The summed E-state index contributed by atoms with van der Waals surface area (Å²) in [6, 6.07) is 5.73. The van der Waals surface area contributed by atoms with Crippen molar-refractivity contribution in [3.8, 4) is 0 Å². The first-order valence-corrected chi connectivity index (χ1v) is 7.17. The first-order valence-electron chi connectivity index (χ1n) is 5.35. The fraction of sp³-hybridized carbons (Fsp3) is 0.167. The molecule has 0 aliphatic heterocycles. The summed E-state index contributed by atoms with van der Waals surface area (Å²) in [5, 5.41) is 10.9. The summed E-state index contributed by atoms with van der Waals surface area (Å²) < 4.78 is 0. The summed E-state index contributed by atoms with van der Waals surface area (Å²) in [7, 11) is 0. The SMILES string of the molecule is O=C(NCc1ccsc1)C(=O)NCc1cccs1. The Kier molecular flexibility index (Phi) is 4.49. The van der Waals surface area contributed by atoms with Crippen LogP contribution in [0.1, 0.15) is 10.4 Å². The number of rotatable bonds is 4. The van der Waals surface area contributed by atoms with Gasteiger partial charge in [-0.1, -0.05) is 6.07 Å². The Labute approximate surface area is 113 Å². The van der Waals surface area contributed by atoms with Gasteiger partial charge in [0.25, 0.3) is 0 Å². The van der Waals surface area contributed by atoms with Crippen LogP contribution in [0.25, 0.3) is 0 Å². The number of hydrogen-bond donors (Lipinski definition) is 2. The van der Waals surface area contributed by atoms with E-state index in [1.807, 2.05) is 34.3 Å². The van der Waals surface area contributed by atoms with Crippen molar-refractivity contribution in [1.82, 2.24) is 10.6 Å². The molecule has 2 N–H and O–H groups in total. The molecule has 2 aromatic heterocycles. The van der Waals surface area contributed by atoms with Crippen molar-refractivity contribution in [3.05, 3.63) is 44.8 Å². The molecule has 0 fully saturated rings. The summed E-state index contributed by atoms with van der Waals surface area (Å²) in [5.74, 6) is -1.20. The van der Waals surface area contributed by atoms with Gasteiger partial charge in [-0.05, 0) is 33.8 Å². The largest absolute Gasteiger partial charge is 0.344 e. The van der Waals surface area contributed by atoms with E-state index in [0.29, 0.717) is 13.1 Å². The lowest BCUT2D eigenvalue weighted by atomic mass is 10.3. The molecule has 0 atom stereocenters. The second-order valence-electron chi connectivity index (χ2n) is 3.58. The Bertz CT molecular complexity index is 458. The number of carbonyl (C=O) groups excluding carboxylic acids is 2. The van der Waals surface area contributed by atoms with Crippen LogP contribution in [-0.4, -0.2) is 11.8 Å². The van der Waals surface area contributed by atoms with E-state index in [0.717, 1.165) is 10.4 Å². The van der Waals surface area contributed by atoms with Crippen LogP contribution in [0.2, 0.25) is 0 Å². The Morgan fingerprint density at radius 3 is 2.44 bits per heavy atom. The summed E-state index contributed by atoms with van der Waals surface area (Å²) in [4.78, 5) is 24.0. The van der Waals surface area contributed by atoms with Gasteiger partial charge in [-0.25, -0.2) is 0 Å². The minimum atomic E-state index is -0.599. The summed E-state index contributed by atoms with van der Waals surface area (Å²) in [6.45, 7) is 0.775. The van der Waals surface area contributed by atoms with E-state index in [1.165, 1.54) is 0 Å². The minimum absolute atomic E-state index is 0.384. The lowest BCUT2D eigenvalue weighted by Gasteiger charge is -2.04. The fourth-order valence-electron chi connectivity index (χ4n) is 1.32. The third-order valence-electron chi connectivity index (χ3n) is 2.24. The van der Waals surface area contributed by atoms with Crippen LogP contribution >= 0.6 is 22.7 Å². The standard InChI is InChI=1S/C12H12N2O2S2/c15-11(13-6-9-3-5-17-8-9)12(16)14-7-10-2-1-4-18-10/h1-5,8H,6-7H2,(H,13,15)(H,14,16). The average Bonchev–Trinajstić information content (AvgIpc) is 3.05. The van der Waals surface area contributed by atoms with Crippen LogP contribution in [0.3, 0.4) is 0 Å². The highest BCUT2D eigenvalue weighted by atomic mass is 32.1. The second-order valence-corrected chi connectivity index (χ2v) is 5.39. The van der Waals surface area contributed by atoms with Gasteiger partial charge in [0.05, 0.1) is 6.54 Å². The van der Waals surface area contributed by atoms with Crippen molar-refractivity contribution in [2.45, 2.75) is 13.1 Å². The molecule has 2 heterocycles. The Balaban J connectivity index is 1.73. The van der Waals surface area contributed by atoms with E-state index in [-0.39, 0.29) is 0 Å². The van der Waals surface area contributed by atoms with Crippen molar-refractivity contribution in [2.75, 3.05) is 0 Å². The van der Waals surface area contributed by atoms with E-state index in [1.54, 1.807) is 22.7 Å². The molecule has 2 rings (SSSR count). The molecule has 2 aromatic rings. The fourth-order valence-corrected chi connectivity index (χ4v) is 2.63. The van der Waals surface area contributed by atoms with Gasteiger partial charge in [0.15, 0.2) is 0 Å². The van der Waals surface area contributed by atoms with E-state index in [9.17, 15) is 9.59 Å². The molecule has 0 unspecified atom stereocenters. The van der Waals surface area contributed by atoms with E-state index in [2.05, 4.69) is 10.6 Å². The highest BCUT2D eigenvalue weighted by Crippen LogP contribution is 2.07. The van der Waals surface area contributed by atoms with Gasteiger partial charge in [0.2, 0.25) is 0 Å². The Morgan fingerprint density at radius 1 is 1.06 bits per heavy atom. The predicted octanol–water partition coefficient (Wildman–Crippen LogP) is 1.74. The highest BCUT2D eigenvalue weighted by Gasteiger charge is 2.12. The van der Waals surface area contributed by atoms with E-state index in [4.69, 9.17) is 0 Å². The molecule has 0 radical (unpaired) electrons. The zero-order valence-corrected chi connectivity index (χ0v) is 11.1. The summed E-state index contributed by atoms with van der Waals surface area (Å²) in [5.41, 5.74) is 0.999. The molecular weight excluding hydrogens is 268 g/mol. The molecule has 6 heteroatoms. The maximum Gasteiger partial charge on any atom is 0.309 e. The molecule has 18 heavy (non-hydrogen) atoms. The Morgan fingerprint density at radius 2 is 1.83 bits per heavy atom. The van der Waals surface area contributed by atoms with Crippen molar-refractivity contribution in [2.24, 2.45) is 0 Å². The smallest absolute Gasteiger partial charge is 0.309 e. The number of amides is 2. The van der Waals surface area contributed by atoms with Gasteiger partial charge in [-0.2, -0.15) is 11.3 Å².